The molecule has 0 saturated carbocycles. The van der Waals surface area contributed by atoms with Crippen LogP contribution in [-0.4, -0.2) is 31.3 Å². The van der Waals surface area contributed by atoms with Crippen LogP contribution in [0.4, 0.5) is 11.5 Å². The second-order valence-corrected chi connectivity index (χ2v) is 4.23. The fraction of sp³-hybridized carbons (Fsp3) is 0.500. The lowest BCUT2D eigenvalue weighted by Gasteiger charge is -2.21. The third-order valence-corrected chi connectivity index (χ3v) is 2.91. The maximum Gasteiger partial charge on any atom is 0.165 e. The predicted molar refractivity (Wildman–Crippen MR) is 65.6 cm³/mol. The van der Waals surface area contributed by atoms with E-state index in [1.165, 1.54) is 0 Å². The molecule has 0 bridgehead atoms. The number of hydrogen-bond acceptors (Lipinski definition) is 5. The molecule has 1 fully saturated rings. The van der Waals surface area contributed by atoms with Gasteiger partial charge in [0.25, 0.3) is 0 Å². The summed E-state index contributed by atoms with van der Waals surface area (Å²) in [5, 5.41) is 8.87. The summed E-state index contributed by atoms with van der Waals surface area (Å²) in [5.41, 5.74) is 6.33. The maximum atomic E-state index is 8.87. The first-order valence-electron chi connectivity index (χ1n) is 5.70. The van der Waals surface area contributed by atoms with Crippen molar-refractivity contribution in [2.45, 2.75) is 18.9 Å². The summed E-state index contributed by atoms with van der Waals surface area (Å²) >= 11 is 0. The van der Waals surface area contributed by atoms with E-state index >= 15 is 0 Å². The standard InChI is InChI=1S/C12H16N4O/c1-16(8-9-3-2-6-17-9)12-5-4-10(14)11(7-13)15-12/h4-5,9H,2-3,6,8,14H2,1H3. The molecule has 1 aromatic heterocycles. The number of nitrogens with two attached hydrogens (primary N) is 1. The number of nitrogens with zero attached hydrogens (tertiary/aromatic N) is 3. The summed E-state index contributed by atoms with van der Waals surface area (Å²) in [6, 6.07) is 5.53. The molecule has 0 radical (unpaired) electrons. The monoisotopic (exact) mass is 232 g/mol. The van der Waals surface area contributed by atoms with Gasteiger partial charge in [-0.05, 0) is 25.0 Å². The van der Waals surface area contributed by atoms with Gasteiger partial charge < -0.3 is 15.4 Å². The highest BCUT2D eigenvalue weighted by Crippen LogP contribution is 2.18. The van der Waals surface area contributed by atoms with Gasteiger partial charge in [-0.2, -0.15) is 5.26 Å². The molecule has 5 nitrogen and oxygen atoms in total. The van der Waals surface area contributed by atoms with Gasteiger partial charge in [0.15, 0.2) is 5.69 Å². The van der Waals surface area contributed by atoms with Gasteiger partial charge in [-0.1, -0.05) is 0 Å². The van der Waals surface area contributed by atoms with Crippen LogP contribution in [0.15, 0.2) is 12.1 Å². The minimum absolute atomic E-state index is 0.268. The first kappa shape index (κ1) is 11.7. The van der Waals surface area contributed by atoms with Crippen molar-refractivity contribution < 1.29 is 4.74 Å². The Hall–Kier alpha value is -1.80. The molecule has 0 aromatic carbocycles. The molecule has 1 saturated heterocycles. The molecule has 0 amide bonds. The zero-order valence-corrected chi connectivity index (χ0v) is 9.89. The van der Waals surface area contributed by atoms with Crippen molar-refractivity contribution in [3.63, 3.8) is 0 Å². The van der Waals surface area contributed by atoms with Crippen molar-refractivity contribution in [3.05, 3.63) is 17.8 Å². The summed E-state index contributed by atoms with van der Waals surface area (Å²) in [6.45, 7) is 1.64. The lowest BCUT2D eigenvalue weighted by molar-refractivity contribution is 0.116. The summed E-state index contributed by atoms with van der Waals surface area (Å²) in [6.07, 6.45) is 2.48. The Bertz CT molecular complexity index is 435. The molecular formula is C12H16N4O. The van der Waals surface area contributed by atoms with Gasteiger partial charge >= 0.3 is 0 Å². The van der Waals surface area contributed by atoms with E-state index in [2.05, 4.69) is 4.98 Å². The van der Waals surface area contributed by atoms with Crippen molar-refractivity contribution in [1.82, 2.24) is 4.98 Å². The Morgan fingerprint density at radius 3 is 3.12 bits per heavy atom. The lowest BCUT2D eigenvalue weighted by Crippen LogP contribution is -2.29. The second-order valence-electron chi connectivity index (χ2n) is 4.23. The van der Waals surface area contributed by atoms with Crippen LogP contribution in [0.25, 0.3) is 0 Å². The molecule has 1 unspecified atom stereocenters. The van der Waals surface area contributed by atoms with Gasteiger partial charge in [-0.3, -0.25) is 0 Å². The summed E-state index contributed by atoms with van der Waals surface area (Å²) in [5.74, 6) is 0.756. The quantitative estimate of drug-likeness (QED) is 0.846. The van der Waals surface area contributed by atoms with Crippen molar-refractivity contribution in [2.75, 3.05) is 30.8 Å². The molecule has 0 spiro atoms. The molecule has 5 heteroatoms. The van der Waals surface area contributed by atoms with Gasteiger partial charge in [0.1, 0.15) is 11.9 Å². The van der Waals surface area contributed by atoms with E-state index in [4.69, 9.17) is 15.7 Å². The minimum Gasteiger partial charge on any atom is -0.396 e. The van der Waals surface area contributed by atoms with Gasteiger partial charge in [0, 0.05) is 20.2 Å². The Balaban J connectivity index is 2.08. The molecule has 1 aliphatic heterocycles. The van der Waals surface area contributed by atoms with Crippen LogP contribution in [0.5, 0.6) is 0 Å². The number of aromatic nitrogens is 1. The van der Waals surface area contributed by atoms with E-state index in [0.717, 1.165) is 31.8 Å². The molecule has 90 valence electrons. The predicted octanol–water partition coefficient (Wildman–Crippen LogP) is 1.15. The van der Waals surface area contributed by atoms with Crippen LogP contribution in [-0.2, 0) is 4.74 Å². The Labute approximate surface area is 101 Å². The van der Waals surface area contributed by atoms with E-state index in [1.54, 1.807) is 6.07 Å². The van der Waals surface area contributed by atoms with E-state index in [1.807, 2.05) is 24.1 Å². The number of likely N-dealkylation sites (N-methyl/N-ethyl adjacent to an activating group) is 1. The third-order valence-electron chi connectivity index (χ3n) is 2.91. The number of rotatable bonds is 3. The van der Waals surface area contributed by atoms with Crippen molar-refractivity contribution >= 4 is 11.5 Å². The highest BCUT2D eigenvalue weighted by Gasteiger charge is 2.18. The maximum absolute atomic E-state index is 8.87. The number of nitriles is 1. The zero-order valence-electron chi connectivity index (χ0n) is 9.89. The topological polar surface area (TPSA) is 75.2 Å². The number of anilines is 2. The van der Waals surface area contributed by atoms with Gasteiger partial charge in [-0.25, -0.2) is 4.98 Å². The molecule has 2 N–H and O–H groups in total. The van der Waals surface area contributed by atoms with Crippen molar-refractivity contribution in [3.8, 4) is 6.07 Å². The van der Waals surface area contributed by atoms with Crippen LogP contribution < -0.4 is 10.6 Å². The molecule has 1 aliphatic rings. The fourth-order valence-electron chi connectivity index (χ4n) is 1.95. The Morgan fingerprint density at radius 2 is 2.47 bits per heavy atom. The van der Waals surface area contributed by atoms with Crippen LogP contribution in [0, 0.1) is 11.3 Å². The lowest BCUT2D eigenvalue weighted by atomic mass is 10.2. The van der Waals surface area contributed by atoms with Gasteiger partial charge in [0.2, 0.25) is 0 Å². The highest BCUT2D eigenvalue weighted by molar-refractivity contribution is 5.55. The number of ether oxygens (including phenoxy) is 1. The normalized spacial score (nSPS) is 18.9. The molecule has 0 aliphatic carbocycles. The minimum atomic E-state index is 0.268. The van der Waals surface area contributed by atoms with Crippen LogP contribution in [0.2, 0.25) is 0 Å². The summed E-state index contributed by atoms with van der Waals surface area (Å²) in [7, 11) is 1.95. The number of hydrogen-bond donors (Lipinski definition) is 1. The second kappa shape index (κ2) is 5.02. The van der Waals surface area contributed by atoms with Crippen molar-refractivity contribution in [1.29, 1.82) is 5.26 Å². The molecule has 2 heterocycles. The van der Waals surface area contributed by atoms with Gasteiger partial charge in [0.05, 0.1) is 11.8 Å². The Morgan fingerprint density at radius 1 is 1.65 bits per heavy atom. The Kier molecular flexibility index (Phi) is 3.45. The molecule has 1 atom stereocenters. The van der Waals surface area contributed by atoms with Gasteiger partial charge in [-0.15, -0.1) is 0 Å². The van der Waals surface area contributed by atoms with E-state index < -0.39 is 0 Å². The zero-order chi connectivity index (χ0) is 12.3. The first-order chi connectivity index (χ1) is 8.20. The van der Waals surface area contributed by atoms with Crippen LogP contribution in [0.1, 0.15) is 18.5 Å². The summed E-state index contributed by atoms with van der Waals surface area (Å²) in [4.78, 5) is 6.21. The average molecular weight is 232 g/mol. The summed E-state index contributed by atoms with van der Waals surface area (Å²) < 4.78 is 5.57. The van der Waals surface area contributed by atoms with E-state index in [-0.39, 0.29) is 11.8 Å². The largest absolute Gasteiger partial charge is 0.396 e. The SMILES string of the molecule is CN(CC1CCCO1)c1ccc(N)c(C#N)n1. The number of pyridine rings is 1. The third kappa shape index (κ3) is 2.66. The first-order valence-corrected chi connectivity index (χ1v) is 5.70. The highest BCUT2D eigenvalue weighted by atomic mass is 16.5. The molecule has 1 aromatic rings. The van der Waals surface area contributed by atoms with Crippen LogP contribution >= 0.6 is 0 Å². The molecule has 2 rings (SSSR count). The molecule has 17 heavy (non-hydrogen) atoms. The van der Waals surface area contributed by atoms with E-state index in [0.29, 0.717) is 5.69 Å². The fourth-order valence-corrected chi connectivity index (χ4v) is 1.95. The number of nitrogen functional groups attached to an aromatic ring is 1. The average Bonchev–Trinajstić information content (AvgIpc) is 2.82. The van der Waals surface area contributed by atoms with Crippen LogP contribution in [0.3, 0.4) is 0 Å². The smallest absolute Gasteiger partial charge is 0.165 e. The van der Waals surface area contributed by atoms with E-state index in [9.17, 15) is 0 Å². The van der Waals surface area contributed by atoms with Crippen molar-refractivity contribution in [2.24, 2.45) is 0 Å². The molecular weight excluding hydrogens is 216 g/mol.